The van der Waals surface area contributed by atoms with Crippen molar-refractivity contribution < 1.29 is 24.5 Å². The van der Waals surface area contributed by atoms with Crippen molar-refractivity contribution in [2.75, 3.05) is 0 Å². The summed E-state index contributed by atoms with van der Waals surface area (Å²) in [4.78, 5) is 9.13. The summed E-state index contributed by atoms with van der Waals surface area (Å²) in [6, 6.07) is 51.0. The Hall–Kier alpha value is -5.75. The second kappa shape index (κ2) is 13.3. The van der Waals surface area contributed by atoms with Crippen LogP contribution in [0.3, 0.4) is 0 Å². The first-order valence-electron chi connectivity index (χ1n) is 14.9. The number of fused-ring (bicyclic) bond motifs is 4. The molecule has 5 aromatic carbocycles. The largest absolute Gasteiger partial charge is 0.501 e. The number of rotatable bonds is 4. The van der Waals surface area contributed by atoms with Gasteiger partial charge in [0.25, 0.3) is 0 Å². The Bertz CT molecular complexity index is 2370. The van der Waals surface area contributed by atoms with Crippen molar-refractivity contribution in [2.24, 2.45) is 0 Å². The second-order valence-corrected chi connectivity index (χ2v) is 10.6. The molecule has 0 saturated carbocycles. The molecule has 1 radical (unpaired) electrons. The quantitative estimate of drug-likeness (QED) is 0.167. The van der Waals surface area contributed by atoms with Gasteiger partial charge >= 0.3 is 0 Å². The van der Waals surface area contributed by atoms with Crippen LogP contribution in [-0.2, 0) is 20.1 Å². The molecule has 0 amide bonds. The van der Waals surface area contributed by atoms with E-state index in [0.717, 1.165) is 72.4 Å². The van der Waals surface area contributed by atoms with Gasteiger partial charge in [-0.05, 0) is 41.1 Å². The molecule has 0 atom stereocenters. The van der Waals surface area contributed by atoms with Crippen molar-refractivity contribution in [3.8, 4) is 39.5 Å². The first-order valence-corrected chi connectivity index (χ1v) is 14.9. The standard InChI is InChI=1S/C29H17N4O.C11H8N.Ir/c1-3-8-19(9-4-1)20-14-15-22-23-12-7-13-24(28(23)34-27(22)16-20)29-32-25-17-30-31-18-26(25)33(29)21-10-5-2-6-11-21;1-2-6-10(7-3-1)11-8-4-5-9-12-11;/h1-12,14-18H;1-6,8-9H;/q2*-1;. The van der Waals surface area contributed by atoms with Gasteiger partial charge in [-0.15, -0.1) is 54.1 Å². The zero-order valence-electron chi connectivity index (χ0n) is 24.9. The number of pyridine rings is 1. The number of furan rings is 1. The number of hydrogen-bond donors (Lipinski definition) is 0. The molecule has 0 bridgehead atoms. The minimum absolute atomic E-state index is 0. The molecule has 9 rings (SSSR count). The van der Waals surface area contributed by atoms with Crippen LogP contribution in [0.15, 0.2) is 156 Å². The molecule has 0 unspecified atom stereocenters. The summed E-state index contributed by atoms with van der Waals surface area (Å²) in [6.07, 6.45) is 5.21. The number of nitrogens with zero attached hydrogens (tertiary/aromatic N) is 5. The van der Waals surface area contributed by atoms with E-state index >= 15 is 0 Å². The molecular formula is C40H25IrN5O-2. The fourth-order valence-corrected chi connectivity index (χ4v) is 5.64. The van der Waals surface area contributed by atoms with Gasteiger partial charge in [-0.2, -0.15) is 10.2 Å². The smallest absolute Gasteiger partial charge is 0.121 e. The van der Waals surface area contributed by atoms with Crippen LogP contribution in [0.25, 0.3) is 72.4 Å². The van der Waals surface area contributed by atoms with Gasteiger partial charge in [0.2, 0.25) is 0 Å². The topological polar surface area (TPSA) is 69.6 Å². The fourth-order valence-electron chi connectivity index (χ4n) is 5.64. The van der Waals surface area contributed by atoms with Crippen molar-refractivity contribution in [2.45, 2.75) is 0 Å². The molecule has 0 fully saturated rings. The van der Waals surface area contributed by atoms with Crippen LogP contribution in [0.1, 0.15) is 0 Å². The Balaban J connectivity index is 0.000000228. The monoisotopic (exact) mass is 784 g/mol. The molecule has 0 aliphatic carbocycles. The molecule has 0 aliphatic heterocycles. The van der Waals surface area contributed by atoms with Gasteiger partial charge < -0.3 is 14.0 Å². The number of aromatic nitrogens is 5. The maximum absolute atomic E-state index is 6.47. The molecule has 0 aliphatic rings. The Kier molecular flexibility index (Phi) is 8.48. The fraction of sp³-hybridized carbons (Fsp3) is 0. The normalized spacial score (nSPS) is 10.8. The van der Waals surface area contributed by atoms with Gasteiger partial charge in [0.05, 0.1) is 34.8 Å². The minimum atomic E-state index is 0. The summed E-state index contributed by atoms with van der Waals surface area (Å²) < 4.78 is 8.55. The summed E-state index contributed by atoms with van der Waals surface area (Å²) in [7, 11) is 0. The summed E-state index contributed by atoms with van der Waals surface area (Å²) in [5.41, 5.74) is 9.31. The van der Waals surface area contributed by atoms with Gasteiger partial charge in [-0.1, -0.05) is 83.7 Å². The summed E-state index contributed by atoms with van der Waals surface area (Å²) in [6.45, 7) is 0. The molecule has 0 spiro atoms. The number of hydrogen-bond acceptors (Lipinski definition) is 5. The summed E-state index contributed by atoms with van der Waals surface area (Å²) in [5, 5.41) is 10.2. The van der Waals surface area contributed by atoms with Gasteiger partial charge in [0.15, 0.2) is 0 Å². The minimum Gasteiger partial charge on any atom is -0.501 e. The average molecular weight is 784 g/mol. The zero-order chi connectivity index (χ0) is 30.7. The molecule has 6 nitrogen and oxygen atoms in total. The third-order valence-corrected chi connectivity index (χ3v) is 7.80. The van der Waals surface area contributed by atoms with E-state index in [4.69, 9.17) is 9.40 Å². The van der Waals surface area contributed by atoms with Crippen molar-refractivity contribution in [1.29, 1.82) is 0 Å². The SMILES string of the molecule is [Ir].[c-]1ccc2c(oc3cc(-c4ccccc4)ccc32)c1-c1nc2cnncc2n1-c1ccccc1.[c-]1ccccc1-c1ccccn1. The van der Waals surface area contributed by atoms with Crippen LogP contribution < -0.4 is 0 Å². The van der Waals surface area contributed by atoms with E-state index in [9.17, 15) is 0 Å². The van der Waals surface area contributed by atoms with Gasteiger partial charge in [-0.3, -0.25) is 4.98 Å². The van der Waals surface area contributed by atoms with E-state index in [0.29, 0.717) is 0 Å². The maximum Gasteiger partial charge on any atom is 0.121 e. The van der Waals surface area contributed by atoms with Gasteiger partial charge in [0.1, 0.15) is 5.58 Å². The molecule has 4 aromatic heterocycles. The third kappa shape index (κ3) is 5.86. The Labute approximate surface area is 284 Å². The molecule has 227 valence electrons. The Morgan fingerprint density at radius 2 is 1.43 bits per heavy atom. The van der Waals surface area contributed by atoms with E-state index in [-0.39, 0.29) is 20.1 Å². The number of benzene rings is 5. The molecular weight excluding hydrogens is 759 g/mol. The Morgan fingerprint density at radius 3 is 2.21 bits per heavy atom. The van der Waals surface area contributed by atoms with Crippen molar-refractivity contribution in [1.82, 2.24) is 24.7 Å². The molecule has 4 heterocycles. The van der Waals surface area contributed by atoms with Crippen LogP contribution >= 0.6 is 0 Å². The molecule has 9 aromatic rings. The first kappa shape index (κ1) is 29.9. The third-order valence-electron chi connectivity index (χ3n) is 7.80. The summed E-state index contributed by atoms with van der Waals surface area (Å²) >= 11 is 0. The van der Waals surface area contributed by atoms with Crippen LogP contribution in [-0.4, -0.2) is 24.7 Å². The van der Waals surface area contributed by atoms with Crippen LogP contribution in [0.4, 0.5) is 0 Å². The zero-order valence-corrected chi connectivity index (χ0v) is 27.3. The predicted molar refractivity (Wildman–Crippen MR) is 182 cm³/mol. The van der Waals surface area contributed by atoms with Crippen LogP contribution in [0.5, 0.6) is 0 Å². The maximum atomic E-state index is 6.47. The van der Waals surface area contributed by atoms with Crippen molar-refractivity contribution >= 4 is 33.0 Å². The Morgan fingerprint density at radius 1 is 0.638 bits per heavy atom. The number of para-hydroxylation sites is 1. The van der Waals surface area contributed by atoms with Crippen LogP contribution in [0.2, 0.25) is 0 Å². The van der Waals surface area contributed by atoms with Gasteiger partial charge in [-0.25, -0.2) is 0 Å². The first-order chi connectivity index (χ1) is 22.8. The van der Waals surface area contributed by atoms with Crippen molar-refractivity contribution in [3.63, 3.8) is 0 Å². The molecule has 47 heavy (non-hydrogen) atoms. The number of imidazole rings is 1. The van der Waals surface area contributed by atoms with E-state index in [1.54, 1.807) is 18.6 Å². The predicted octanol–water partition coefficient (Wildman–Crippen LogP) is 9.40. The van der Waals surface area contributed by atoms with E-state index < -0.39 is 0 Å². The van der Waals surface area contributed by atoms with E-state index in [1.165, 1.54) is 0 Å². The second-order valence-electron chi connectivity index (χ2n) is 10.6. The molecule has 7 heteroatoms. The average Bonchev–Trinajstić information content (AvgIpc) is 3.72. The van der Waals surface area contributed by atoms with Crippen molar-refractivity contribution in [3.05, 3.63) is 164 Å². The van der Waals surface area contributed by atoms with Gasteiger partial charge in [0, 0.05) is 37.4 Å². The van der Waals surface area contributed by atoms with Crippen LogP contribution in [0, 0.1) is 12.1 Å². The van der Waals surface area contributed by atoms with E-state index in [2.05, 4.69) is 74.3 Å². The summed E-state index contributed by atoms with van der Waals surface area (Å²) in [5.74, 6) is 0.740. The van der Waals surface area contributed by atoms with E-state index in [1.807, 2.05) is 91.0 Å². The molecule has 0 N–H and O–H groups in total. The molecule has 0 saturated heterocycles.